The molecule has 0 amide bonds. The summed E-state index contributed by atoms with van der Waals surface area (Å²) in [5, 5.41) is 9.76. The van der Waals surface area contributed by atoms with E-state index in [1.54, 1.807) is 7.11 Å². The van der Waals surface area contributed by atoms with Gasteiger partial charge in [0.25, 0.3) is 0 Å². The zero-order valence-corrected chi connectivity index (χ0v) is 18.0. The van der Waals surface area contributed by atoms with E-state index in [1.165, 1.54) is 9.80 Å². The fourth-order valence-electron chi connectivity index (χ4n) is 3.40. The van der Waals surface area contributed by atoms with E-state index in [1.807, 2.05) is 0 Å². The van der Waals surface area contributed by atoms with Gasteiger partial charge in [0.05, 0.1) is 19.0 Å². The predicted molar refractivity (Wildman–Crippen MR) is 113 cm³/mol. The van der Waals surface area contributed by atoms with E-state index in [0.29, 0.717) is 12.5 Å². The minimum Gasteiger partial charge on any atom is -0.495 e. The summed E-state index contributed by atoms with van der Waals surface area (Å²) in [6.45, 7) is 4.24. The van der Waals surface area contributed by atoms with Crippen LogP contribution in [0.5, 0.6) is 5.75 Å². The summed E-state index contributed by atoms with van der Waals surface area (Å²) in [6, 6.07) is 8.48. The third-order valence-corrected chi connectivity index (χ3v) is 8.25. The quantitative estimate of drug-likeness (QED) is 0.598. The molecule has 2 aliphatic rings. The molecule has 0 radical (unpaired) electrons. The van der Waals surface area contributed by atoms with Gasteiger partial charge in [-0.05, 0) is 58.6 Å². The van der Waals surface area contributed by atoms with Gasteiger partial charge in [-0.2, -0.15) is 10.0 Å². The topological polar surface area (TPSA) is 60.5 Å². The molecule has 6 heteroatoms. The van der Waals surface area contributed by atoms with Crippen molar-refractivity contribution in [1.82, 2.24) is 0 Å². The number of methoxy groups -OCH3 is 1. The van der Waals surface area contributed by atoms with Crippen LogP contribution in [0.15, 0.2) is 52.0 Å². The van der Waals surface area contributed by atoms with Crippen molar-refractivity contribution in [3.63, 3.8) is 0 Å². The van der Waals surface area contributed by atoms with Crippen LogP contribution in [0.1, 0.15) is 13.3 Å². The van der Waals surface area contributed by atoms with Crippen molar-refractivity contribution in [2.75, 3.05) is 46.0 Å². The van der Waals surface area contributed by atoms with Crippen LogP contribution in [-0.2, 0) is 14.2 Å². The first kappa shape index (κ1) is 21.2. The Balaban J connectivity index is 1.64. The second-order valence-corrected chi connectivity index (χ2v) is 11.4. The van der Waals surface area contributed by atoms with E-state index in [0.717, 1.165) is 24.5 Å². The summed E-state index contributed by atoms with van der Waals surface area (Å²) in [5.41, 5.74) is 0. The number of hydrogen-bond donors (Lipinski definition) is 1. The monoisotopic (exact) mass is 408 g/mol. The van der Waals surface area contributed by atoms with E-state index >= 15 is 0 Å². The Hall–Kier alpha value is -1.47. The van der Waals surface area contributed by atoms with Gasteiger partial charge >= 0.3 is 0 Å². The highest BCUT2D eigenvalue weighted by Gasteiger charge is 2.28. The van der Waals surface area contributed by atoms with Crippen LogP contribution in [0.4, 0.5) is 0 Å². The standard InChI is InChI=1S/C22H32O5S/c1-16-11-19(25-13-17(23)12-24-2)7-10-22(16)28(3,4)21-8-5-18(6-9-21)26-14-20-15-27-20/h5-10,16-17,20,23H,11-15H2,1-4H3. The molecule has 1 aromatic rings. The van der Waals surface area contributed by atoms with Crippen molar-refractivity contribution in [2.45, 2.75) is 30.4 Å². The van der Waals surface area contributed by atoms with Gasteiger partial charge in [-0.25, -0.2) is 0 Å². The summed E-state index contributed by atoms with van der Waals surface area (Å²) in [6.07, 6.45) is 9.46. The molecule has 0 saturated carbocycles. The van der Waals surface area contributed by atoms with E-state index < -0.39 is 16.1 Å². The number of hydrogen-bond acceptors (Lipinski definition) is 5. The number of epoxide rings is 1. The lowest BCUT2D eigenvalue weighted by atomic mass is 10.0. The Kier molecular flexibility index (Phi) is 7.10. The van der Waals surface area contributed by atoms with Crippen LogP contribution in [0.25, 0.3) is 0 Å². The third kappa shape index (κ3) is 5.54. The lowest BCUT2D eigenvalue weighted by molar-refractivity contribution is 0.0114. The second-order valence-electron chi connectivity index (χ2n) is 7.79. The molecule has 1 heterocycles. The molecule has 5 nitrogen and oxygen atoms in total. The highest BCUT2D eigenvalue weighted by atomic mass is 32.3. The molecule has 1 N–H and O–H groups in total. The molecular weight excluding hydrogens is 376 g/mol. The lowest BCUT2D eigenvalue weighted by Gasteiger charge is -2.39. The minimum absolute atomic E-state index is 0.263. The fraction of sp³-hybridized carbons (Fsp3) is 0.545. The normalized spacial score (nSPS) is 23.5. The first-order chi connectivity index (χ1) is 13.4. The Morgan fingerprint density at radius 3 is 2.46 bits per heavy atom. The summed E-state index contributed by atoms with van der Waals surface area (Å²) >= 11 is 0. The molecule has 0 bridgehead atoms. The van der Waals surface area contributed by atoms with E-state index in [9.17, 15) is 5.11 Å². The maximum Gasteiger partial charge on any atom is 0.119 e. The van der Waals surface area contributed by atoms with Gasteiger partial charge < -0.3 is 24.1 Å². The number of rotatable bonds is 10. The second kappa shape index (κ2) is 9.35. The molecule has 156 valence electrons. The van der Waals surface area contributed by atoms with E-state index in [4.69, 9.17) is 18.9 Å². The van der Waals surface area contributed by atoms with Crippen molar-refractivity contribution < 1.29 is 24.1 Å². The molecule has 1 aliphatic heterocycles. The van der Waals surface area contributed by atoms with Crippen LogP contribution in [0.3, 0.4) is 0 Å². The largest absolute Gasteiger partial charge is 0.495 e. The Morgan fingerprint density at radius 1 is 1.14 bits per heavy atom. The highest BCUT2D eigenvalue weighted by Crippen LogP contribution is 2.60. The zero-order valence-electron chi connectivity index (χ0n) is 17.2. The molecule has 3 unspecified atom stereocenters. The predicted octanol–water partition coefficient (Wildman–Crippen LogP) is 3.72. The van der Waals surface area contributed by atoms with Crippen LogP contribution in [0, 0.1) is 5.92 Å². The van der Waals surface area contributed by atoms with Crippen LogP contribution in [0.2, 0.25) is 0 Å². The van der Waals surface area contributed by atoms with Crippen LogP contribution >= 0.6 is 10.0 Å². The molecule has 0 aromatic heterocycles. The Labute approximate surface area is 169 Å². The van der Waals surface area contributed by atoms with Crippen molar-refractivity contribution in [3.05, 3.63) is 47.1 Å². The van der Waals surface area contributed by atoms with Gasteiger partial charge in [0, 0.05) is 13.5 Å². The molecule has 28 heavy (non-hydrogen) atoms. The van der Waals surface area contributed by atoms with Gasteiger partial charge in [-0.15, -0.1) is 0 Å². The molecule has 3 rings (SSSR count). The van der Waals surface area contributed by atoms with Crippen molar-refractivity contribution in [2.24, 2.45) is 5.92 Å². The average Bonchev–Trinajstić information content (AvgIpc) is 3.50. The Morgan fingerprint density at radius 2 is 1.86 bits per heavy atom. The minimum atomic E-state index is -1.10. The average molecular weight is 409 g/mol. The highest BCUT2D eigenvalue weighted by molar-refractivity contribution is 8.35. The van der Waals surface area contributed by atoms with Crippen molar-refractivity contribution in [3.8, 4) is 5.75 Å². The summed E-state index contributed by atoms with van der Waals surface area (Å²) < 4.78 is 21.7. The zero-order chi connectivity index (χ0) is 20.1. The van der Waals surface area contributed by atoms with Gasteiger partial charge in [0.2, 0.25) is 0 Å². The van der Waals surface area contributed by atoms with Gasteiger partial charge in [-0.1, -0.05) is 13.0 Å². The van der Waals surface area contributed by atoms with E-state index in [-0.39, 0.29) is 19.3 Å². The number of aliphatic hydroxyl groups is 1. The SMILES string of the molecule is COCC(O)COC1=CC=C(S(C)(C)c2ccc(OCC3CO3)cc2)C(C)C1. The molecule has 1 aliphatic carbocycles. The number of ether oxygens (including phenoxy) is 4. The fourth-order valence-corrected chi connectivity index (χ4v) is 5.99. The van der Waals surface area contributed by atoms with Gasteiger partial charge in [-0.3, -0.25) is 0 Å². The molecule has 1 aromatic carbocycles. The smallest absolute Gasteiger partial charge is 0.119 e. The number of benzene rings is 1. The lowest BCUT2D eigenvalue weighted by Crippen LogP contribution is -2.22. The summed E-state index contributed by atoms with van der Waals surface area (Å²) in [7, 11) is 0.476. The molecule has 0 spiro atoms. The Bertz CT molecular complexity index is 706. The van der Waals surface area contributed by atoms with Crippen LogP contribution < -0.4 is 4.74 Å². The van der Waals surface area contributed by atoms with E-state index in [2.05, 4.69) is 55.9 Å². The van der Waals surface area contributed by atoms with Gasteiger partial charge in [0.15, 0.2) is 0 Å². The maximum atomic E-state index is 9.76. The maximum absolute atomic E-state index is 9.76. The molecular formula is C22H32O5S. The summed E-state index contributed by atoms with van der Waals surface area (Å²) in [4.78, 5) is 2.80. The molecule has 3 atom stereocenters. The first-order valence-corrected chi connectivity index (χ1v) is 12.1. The third-order valence-electron chi connectivity index (χ3n) is 5.09. The number of allylic oxidation sites excluding steroid dienone is 4. The molecule has 1 saturated heterocycles. The number of aliphatic hydroxyl groups excluding tert-OH is 1. The van der Waals surface area contributed by atoms with Crippen LogP contribution in [-0.4, -0.2) is 63.4 Å². The molecule has 1 fully saturated rings. The van der Waals surface area contributed by atoms with Gasteiger partial charge in [0.1, 0.15) is 31.2 Å². The summed E-state index contributed by atoms with van der Waals surface area (Å²) in [5.74, 6) is 2.21. The van der Waals surface area contributed by atoms with Crippen molar-refractivity contribution in [1.29, 1.82) is 0 Å². The first-order valence-electron chi connectivity index (χ1n) is 9.68. The van der Waals surface area contributed by atoms with Crippen molar-refractivity contribution >= 4 is 10.0 Å².